The lowest BCUT2D eigenvalue weighted by molar-refractivity contribution is -0.730. The van der Waals surface area contributed by atoms with Gasteiger partial charge in [-0.2, -0.15) is 0 Å². The van der Waals surface area contributed by atoms with Gasteiger partial charge in [-0.3, -0.25) is 14.5 Å². The van der Waals surface area contributed by atoms with Crippen LogP contribution in [0.1, 0.15) is 37.3 Å². The molecule has 2 fully saturated rings. The Morgan fingerprint density at radius 1 is 1.38 bits per heavy atom. The quantitative estimate of drug-likeness (QED) is 0.637. The molecule has 6 nitrogen and oxygen atoms in total. The topological polar surface area (TPSA) is 80.3 Å². The lowest BCUT2D eigenvalue weighted by atomic mass is 9.81. The number of imide groups is 1. The number of ether oxygens (including phenoxy) is 1. The Morgan fingerprint density at radius 3 is 2.62 bits per heavy atom. The van der Waals surface area contributed by atoms with Crippen LogP contribution in [0.2, 0.25) is 0 Å². The summed E-state index contributed by atoms with van der Waals surface area (Å²) >= 11 is 1.57. The van der Waals surface area contributed by atoms with Gasteiger partial charge in [0.1, 0.15) is 17.9 Å². The van der Waals surface area contributed by atoms with Crippen molar-refractivity contribution in [2.75, 3.05) is 13.2 Å². The molecule has 0 unspecified atom stereocenters. The van der Waals surface area contributed by atoms with Crippen molar-refractivity contribution >= 4 is 29.1 Å². The molecule has 0 aromatic carbocycles. The fourth-order valence-corrected chi connectivity index (χ4v) is 5.13. The molecule has 2 aliphatic rings. The Balaban J connectivity index is 2.09. The minimum atomic E-state index is -1.07. The second kappa shape index (κ2) is 5.97. The highest BCUT2D eigenvalue weighted by Crippen LogP contribution is 2.45. The van der Waals surface area contributed by atoms with Gasteiger partial charge in [0.2, 0.25) is 17.4 Å². The Morgan fingerprint density at radius 2 is 2.08 bits per heavy atom. The van der Waals surface area contributed by atoms with Gasteiger partial charge in [-0.1, -0.05) is 0 Å². The van der Waals surface area contributed by atoms with E-state index in [9.17, 15) is 14.4 Å². The summed E-state index contributed by atoms with van der Waals surface area (Å²) in [6, 6.07) is 1.78. The van der Waals surface area contributed by atoms with Crippen LogP contribution in [0.3, 0.4) is 0 Å². The molecule has 130 valence electrons. The molecule has 1 aromatic rings. The molecule has 3 rings (SSSR count). The fraction of sp³-hybridized carbons (Fsp3) is 0.588. The Kier molecular flexibility index (Phi) is 4.25. The maximum atomic E-state index is 12.9. The highest BCUT2D eigenvalue weighted by atomic mass is 32.1. The molecule has 0 aliphatic carbocycles. The first-order valence-corrected chi connectivity index (χ1v) is 9.17. The number of likely N-dealkylation sites (tertiary alicyclic amines) is 1. The molecule has 2 N–H and O–H groups in total. The van der Waals surface area contributed by atoms with Gasteiger partial charge in [0.15, 0.2) is 0 Å². The first-order chi connectivity index (χ1) is 11.4. The molecule has 2 amide bonds. The second-order valence-electron chi connectivity index (χ2n) is 6.59. The van der Waals surface area contributed by atoms with Gasteiger partial charge in [0.25, 0.3) is 0 Å². The van der Waals surface area contributed by atoms with E-state index in [1.165, 1.54) is 4.90 Å². The van der Waals surface area contributed by atoms with Crippen LogP contribution in [-0.4, -0.2) is 41.4 Å². The average Bonchev–Trinajstić information content (AvgIpc) is 3.16. The molecule has 4 atom stereocenters. The van der Waals surface area contributed by atoms with E-state index in [0.717, 1.165) is 10.4 Å². The number of carbonyl (C=O) groups excluding carboxylic acids is 3. The predicted octanol–water partition coefficient (Wildman–Crippen LogP) is 0.618. The minimum absolute atomic E-state index is 0.172. The van der Waals surface area contributed by atoms with Gasteiger partial charge < -0.3 is 10.1 Å². The standard InChI is InChI=1S/C17H22N2O4S/c1-5-19-14(20)10-11(15(19)21)17(4,16(22)23-6-2)18-12(10)13-9(3)7-8-24-13/h7-8,10-12,18H,5-6H2,1-4H3/p+1/t10-,11+,12-,17-/m1/s1. The summed E-state index contributed by atoms with van der Waals surface area (Å²) in [7, 11) is 0. The first kappa shape index (κ1) is 17.1. The number of nitrogens with two attached hydrogens (primary N) is 1. The zero-order valence-corrected chi connectivity index (χ0v) is 15.2. The monoisotopic (exact) mass is 351 g/mol. The number of nitrogens with zero attached hydrogens (tertiary/aromatic N) is 1. The fourth-order valence-electron chi connectivity index (χ4n) is 4.08. The molecule has 2 saturated heterocycles. The zero-order chi connectivity index (χ0) is 17.6. The lowest BCUT2D eigenvalue weighted by Crippen LogP contribution is -2.97. The van der Waals surface area contributed by atoms with E-state index in [4.69, 9.17) is 4.74 Å². The number of thiophene rings is 1. The van der Waals surface area contributed by atoms with Crippen LogP contribution in [-0.2, 0) is 19.1 Å². The summed E-state index contributed by atoms with van der Waals surface area (Å²) in [6.45, 7) is 7.84. The second-order valence-corrected chi connectivity index (χ2v) is 7.54. The molecule has 1 aromatic heterocycles. The summed E-state index contributed by atoms with van der Waals surface area (Å²) in [5.41, 5.74) is 0.0154. The van der Waals surface area contributed by atoms with E-state index in [-0.39, 0.29) is 24.5 Å². The van der Waals surface area contributed by atoms with Gasteiger partial charge in [0.05, 0.1) is 11.5 Å². The van der Waals surface area contributed by atoms with Gasteiger partial charge in [-0.05, 0) is 37.8 Å². The maximum absolute atomic E-state index is 12.9. The SMILES string of the molecule is CCOC(=O)[C@]1(C)[NH2+][C@@H](c2sccc2C)[C@@H]2C(=O)N(CC)C(=O)[C@H]21. The Labute approximate surface area is 145 Å². The zero-order valence-electron chi connectivity index (χ0n) is 14.4. The lowest BCUT2D eigenvalue weighted by Gasteiger charge is -2.25. The van der Waals surface area contributed by atoms with E-state index in [2.05, 4.69) is 0 Å². The van der Waals surface area contributed by atoms with Gasteiger partial charge in [0, 0.05) is 13.5 Å². The van der Waals surface area contributed by atoms with E-state index in [0.29, 0.717) is 6.54 Å². The number of amides is 2. The van der Waals surface area contributed by atoms with Crippen LogP contribution in [0, 0.1) is 18.8 Å². The predicted molar refractivity (Wildman–Crippen MR) is 88.1 cm³/mol. The van der Waals surface area contributed by atoms with E-state index in [1.54, 1.807) is 32.1 Å². The highest BCUT2D eigenvalue weighted by molar-refractivity contribution is 7.10. The van der Waals surface area contributed by atoms with Crippen LogP contribution in [0.25, 0.3) is 0 Å². The van der Waals surface area contributed by atoms with Crippen LogP contribution < -0.4 is 5.32 Å². The average molecular weight is 351 g/mol. The van der Waals surface area contributed by atoms with Crippen molar-refractivity contribution in [1.82, 2.24) is 4.90 Å². The largest absolute Gasteiger partial charge is 0.461 e. The summed E-state index contributed by atoms with van der Waals surface area (Å²) in [5.74, 6) is -2.03. The Bertz CT molecular complexity index is 701. The summed E-state index contributed by atoms with van der Waals surface area (Å²) in [6.07, 6.45) is 0. The smallest absolute Gasteiger partial charge is 0.368 e. The third-order valence-electron chi connectivity index (χ3n) is 5.24. The molecule has 0 bridgehead atoms. The summed E-state index contributed by atoms with van der Waals surface area (Å²) in [5, 5.41) is 3.86. The third-order valence-corrected chi connectivity index (χ3v) is 6.36. The maximum Gasteiger partial charge on any atom is 0.368 e. The van der Waals surface area contributed by atoms with Crippen molar-refractivity contribution in [2.24, 2.45) is 11.8 Å². The van der Waals surface area contributed by atoms with Gasteiger partial charge in [-0.25, -0.2) is 4.79 Å². The van der Waals surface area contributed by atoms with Crippen molar-refractivity contribution in [2.45, 2.75) is 39.3 Å². The normalized spacial score (nSPS) is 32.3. The molecular weight excluding hydrogens is 328 g/mol. The van der Waals surface area contributed by atoms with Crippen molar-refractivity contribution < 1.29 is 24.4 Å². The number of quaternary nitrogens is 1. The van der Waals surface area contributed by atoms with Crippen molar-refractivity contribution in [3.05, 3.63) is 21.9 Å². The molecule has 2 aliphatic heterocycles. The molecule has 0 spiro atoms. The number of carbonyl (C=O) groups is 3. The molecule has 24 heavy (non-hydrogen) atoms. The Hall–Kier alpha value is -1.73. The molecule has 7 heteroatoms. The molecule has 0 radical (unpaired) electrons. The van der Waals surface area contributed by atoms with Gasteiger partial charge >= 0.3 is 5.97 Å². The number of hydrogen-bond donors (Lipinski definition) is 1. The van der Waals surface area contributed by atoms with Gasteiger partial charge in [-0.15, -0.1) is 11.3 Å². The van der Waals surface area contributed by atoms with Crippen LogP contribution in [0.5, 0.6) is 0 Å². The first-order valence-electron chi connectivity index (χ1n) is 8.29. The van der Waals surface area contributed by atoms with E-state index in [1.807, 2.05) is 23.7 Å². The number of rotatable bonds is 4. The van der Waals surface area contributed by atoms with Crippen LogP contribution >= 0.6 is 11.3 Å². The number of esters is 1. The number of hydrogen-bond acceptors (Lipinski definition) is 5. The molecular formula is C17H23N2O4S+. The number of aryl methyl sites for hydroxylation is 1. The molecule has 0 saturated carbocycles. The van der Waals surface area contributed by atoms with E-state index >= 15 is 0 Å². The van der Waals surface area contributed by atoms with E-state index < -0.39 is 23.3 Å². The number of fused-ring (bicyclic) bond motifs is 1. The third kappa shape index (κ3) is 2.22. The summed E-state index contributed by atoms with van der Waals surface area (Å²) < 4.78 is 5.24. The summed E-state index contributed by atoms with van der Waals surface area (Å²) in [4.78, 5) is 40.6. The van der Waals surface area contributed by atoms with Crippen molar-refractivity contribution in [3.8, 4) is 0 Å². The van der Waals surface area contributed by atoms with Crippen LogP contribution in [0.4, 0.5) is 0 Å². The minimum Gasteiger partial charge on any atom is -0.461 e. The van der Waals surface area contributed by atoms with Crippen molar-refractivity contribution in [3.63, 3.8) is 0 Å². The van der Waals surface area contributed by atoms with Crippen LogP contribution in [0.15, 0.2) is 11.4 Å². The highest BCUT2D eigenvalue weighted by Gasteiger charge is 2.70. The van der Waals surface area contributed by atoms with Crippen molar-refractivity contribution in [1.29, 1.82) is 0 Å². The molecule has 3 heterocycles.